The fourth-order valence-electron chi connectivity index (χ4n) is 4.03. The minimum atomic E-state index is -0.722. The number of nitrogens with two attached hydrogens (primary N) is 1. The number of anilines is 1. The van der Waals surface area contributed by atoms with Crippen molar-refractivity contribution in [2.45, 2.75) is 19.4 Å². The first kappa shape index (κ1) is 22.8. The molecule has 176 valence electrons. The summed E-state index contributed by atoms with van der Waals surface area (Å²) in [5.74, 6) is 6.64. The van der Waals surface area contributed by atoms with Crippen LogP contribution in [0.5, 0.6) is 5.75 Å². The molecule has 0 bridgehead atoms. The highest BCUT2D eigenvalue weighted by atomic mass is 16.5. The maximum atomic E-state index is 13.2. The Morgan fingerprint density at radius 3 is 2.89 bits per heavy atom. The van der Waals surface area contributed by atoms with E-state index in [-0.39, 0.29) is 24.3 Å². The predicted molar refractivity (Wildman–Crippen MR) is 131 cm³/mol. The lowest BCUT2D eigenvalue weighted by atomic mass is 10.1. The number of carbonyl (C=O) groups excluding carboxylic acids is 2. The summed E-state index contributed by atoms with van der Waals surface area (Å²) in [7, 11) is 1.69. The van der Waals surface area contributed by atoms with Gasteiger partial charge in [0.15, 0.2) is 0 Å². The zero-order valence-corrected chi connectivity index (χ0v) is 19.7. The SMILES string of the molecule is Cc1cccc(CC2=CC(C(=O)[NH2+]C3COc4ccc(C#CC5COC5)cc4N(C)C3=O)=[N+]=C2)n1. The van der Waals surface area contributed by atoms with Crippen LogP contribution in [0, 0.1) is 24.7 Å². The van der Waals surface area contributed by atoms with Crippen molar-refractivity contribution in [3.8, 4) is 17.6 Å². The highest BCUT2D eigenvalue weighted by molar-refractivity contribution is 6.41. The molecule has 3 aliphatic heterocycles. The Balaban J connectivity index is 1.25. The first-order chi connectivity index (χ1) is 17.0. The highest BCUT2D eigenvalue weighted by Gasteiger charge is 2.38. The lowest BCUT2D eigenvalue weighted by molar-refractivity contribution is -0.587. The van der Waals surface area contributed by atoms with E-state index in [4.69, 9.17) is 9.47 Å². The average Bonchev–Trinajstić information content (AvgIpc) is 3.24. The number of primary amides is 1. The Morgan fingerprint density at radius 2 is 2.11 bits per heavy atom. The summed E-state index contributed by atoms with van der Waals surface area (Å²) in [6.07, 6.45) is 4.02. The molecule has 1 atom stereocenters. The van der Waals surface area contributed by atoms with Crippen molar-refractivity contribution >= 4 is 29.4 Å². The normalized spacial score (nSPS) is 19.0. The molecule has 1 aromatic carbocycles. The third kappa shape index (κ3) is 5.08. The molecule has 8 heteroatoms. The van der Waals surface area contributed by atoms with Crippen LogP contribution in [-0.2, 0) is 20.7 Å². The van der Waals surface area contributed by atoms with Crippen LogP contribution in [0.3, 0.4) is 0 Å². The molecular weight excluding hydrogens is 444 g/mol. The van der Waals surface area contributed by atoms with E-state index < -0.39 is 6.04 Å². The van der Waals surface area contributed by atoms with Crippen molar-refractivity contribution < 1.29 is 24.4 Å². The van der Waals surface area contributed by atoms with E-state index in [0.717, 1.165) is 22.5 Å². The number of pyridine rings is 1. The summed E-state index contributed by atoms with van der Waals surface area (Å²) in [5.41, 5.74) is 4.49. The number of aromatic nitrogens is 1. The van der Waals surface area contributed by atoms with Gasteiger partial charge in [-0.2, -0.15) is 0 Å². The van der Waals surface area contributed by atoms with Crippen LogP contribution in [-0.4, -0.2) is 61.6 Å². The second kappa shape index (κ2) is 9.69. The van der Waals surface area contributed by atoms with E-state index in [1.807, 2.05) is 43.3 Å². The van der Waals surface area contributed by atoms with Crippen molar-refractivity contribution in [1.29, 1.82) is 0 Å². The van der Waals surface area contributed by atoms with Crippen LogP contribution >= 0.6 is 0 Å². The van der Waals surface area contributed by atoms with Gasteiger partial charge in [-0.15, -0.1) is 0 Å². The molecule has 2 amide bonds. The molecule has 0 aliphatic carbocycles. The lowest BCUT2D eigenvalue weighted by Gasteiger charge is -2.20. The van der Waals surface area contributed by atoms with E-state index in [2.05, 4.69) is 21.5 Å². The Hall–Kier alpha value is -4.02. The Bertz CT molecular complexity index is 1360. The highest BCUT2D eigenvalue weighted by Crippen LogP contribution is 2.31. The van der Waals surface area contributed by atoms with Crippen LogP contribution in [0.15, 0.2) is 48.0 Å². The number of nitrogens with zero attached hydrogens (tertiary/aromatic N) is 3. The van der Waals surface area contributed by atoms with Crippen LogP contribution in [0.25, 0.3) is 0 Å². The van der Waals surface area contributed by atoms with Gasteiger partial charge in [0.1, 0.15) is 12.4 Å². The predicted octanol–water partition coefficient (Wildman–Crippen LogP) is -0.0366. The molecule has 1 unspecified atom stereocenters. The Labute approximate surface area is 203 Å². The van der Waals surface area contributed by atoms with Gasteiger partial charge < -0.3 is 14.4 Å². The first-order valence-electron chi connectivity index (χ1n) is 11.5. The molecule has 1 aromatic heterocycles. The summed E-state index contributed by atoms with van der Waals surface area (Å²) in [6.45, 7) is 3.34. The van der Waals surface area contributed by atoms with Gasteiger partial charge >= 0.3 is 11.6 Å². The second-order valence-electron chi connectivity index (χ2n) is 8.84. The molecule has 1 fully saturated rings. The summed E-state index contributed by atoms with van der Waals surface area (Å²) < 4.78 is 15.3. The summed E-state index contributed by atoms with van der Waals surface area (Å²) in [4.78, 5) is 32.1. The van der Waals surface area contributed by atoms with Gasteiger partial charge in [-0.3, -0.25) is 15.1 Å². The lowest BCUT2D eigenvalue weighted by Crippen LogP contribution is -2.98. The molecular formula is C27H26N4O4+2. The monoisotopic (exact) mass is 470 g/mol. The number of amides is 2. The third-order valence-corrected chi connectivity index (χ3v) is 6.07. The Morgan fingerprint density at radius 1 is 1.26 bits per heavy atom. The molecule has 4 heterocycles. The molecule has 1 saturated heterocycles. The van der Waals surface area contributed by atoms with E-state index in [9.17, 15) is 9.59 Å². The number of likely N-dealkylation sites (N-methyl/N-ethyl adjacent to an activating group) is 1. The number of quaternary nitrogens is 1. The van der Waals surface area contributed by atoms with Crippen LogP contribution < -0.4 is 19.6 Å². The first-order valence-corrected chi connectivity index (χ1v) is 11.5. The molecule has 2 N–H and O–H groups in total. The number of rotatable bonds is 4. The van der Waals surface area contributed by atoms with E-state index in [1.165, 1.54) is 10.2 Å². The van der Waals surface area contributed by atoms with Crippen molar-refractivity contribution in [2.24, 2.45) is 5.92 Å². The maximum Gasteiger partial charge on any atom is 0.430 e. The van der Waals surface area contributed by atoms with E-state index in [1.54, 1.807) is 19.3 Å². The quantitative estimate of drug-likeness (QED) is 0.500. The fourth-order valence-corrected chi connectivity index (χ4v) is 4.03. The van der Waals surface area contributed by atoms with Gasteiger partial charge in [0, 0.05) is 42.1 Å². The molecule has 5 rings (SSSR count). The molecule has 0 spiro atoms. The molecule has 8 nitrogen and oxygen atoms in total. The van der Waals surface area contributed by atoms with Crippen molar-refractivity contribution in [3.63, 3.8) is 0 Å². The van der Waals surface area contributed by atoms with Gasteiger partial charge in [-0.25, -0.2) is 4.79 Å². The van der Waals surface area contributed by atoms with Crippen molar-refractivity contribution in [1.82, 2.24) is 9.65 Å². The van der Waals surface area contributed by atoms with Crippen molar-refractivity contribution in [3.05, 3.63) is 65.0 Å². The third-order valence-electron chi connectivity index (χ3n) is 6.07. The molecule has 35 heavy (non-hydrogen) atoms. The molecule has 2 aromatic rings. The number of hydrogen-bond donors (Lipinski definition) is 1. The zero-order chi connectivity index (χ0) is 24.4. The second-order valence-corrected chi connectivity index (χ2v) is 8.84. The van der Waals surface area contributed by atoms with Gasteiger partial charge in [0.05, 0.1) is 24.8 Å². The zero-order valence-electron chi connectivity index (χ0n) is 19.7. The van der Waals surface area contributed by atoms with E-state index in [0.29, 0.717) is 36.8 Å². The standard InChI is InChI=1S/C27H24N4O4/c1-17-4-3-5-21(29-17)10-20-11-22(28-13-20)26(32)30-23-16-35-25-9-8-18(6-7-19-14-34-15-19)12-24(25)31(2)27(23)33/h3-5,8-9,11-13,19,23H,10,14-16H2,1-2H3/p+2. The number of aryl methyl sites for hydroxylation is 1. The summed E-state index contributed by atoms with van der Waals surface area (Å²) in [5, 5.41) is 1.40. The van der Waals surface area contributed by atoms with Crippen LogP contribution in [0.1, 0.15) is 17.0 Å². The largest absolute Gasteiger partial charge is 0.485 e. The smallest absolute Gasteiger partial charge is 0.430 e. The van der Waals surface area contributed by atoms with Crippen LogP contribution in [0.4, 0.5) is 5.69 Å². The van der Waals surface area contributed by atoms with Gasteiger partial charge in [0.2, 0.25) is 6.04 Å². The molecule has 3 aliphatic rings. The average molecular weight is 471 g/mol. The van der Waals surface area contributed by atoms with E-state index >= 15 is 0 Å². The summed E-state index contributed by atoms with van der Waals surface area (Å²) >= 11 is 0. The number of ether oxygens (including phenoxy) is 2. The number of allylic oxidation sites excluding steroid dienone is 1. The molecule has 0 saturated carbocycles. The van der Waals surface area contributed by atoms with Crippen LogP contribution in [0.2, 0.25) is 0 Å². The maximum absolute atomic E-state index is 13.2. The number of carbonyl (C=O) groups is 2. The van der Waals surface area contributed by atoms with Gasteiger partial charge in [-0.1, -0.05) is 22.6 Å². The fraction of sp³-hybridized carbons (Fsp3) is 0.296. The minimum absolute atomic E-state index is 0.0765. The molecule has 0 radical (unpaired) electrons. The number of benzene rings is 1. The van der Waals surface area contributed by atoms with Crippen molar-refractivity contribution in [2.75, 3.05) is 31.8 Å². The Kier molecular flexibility index (Phi) is 6.30. The topological polar surface area (TPSA) is 99.4 Å². The summed E-state index contributed by atoms with van der Waals surface area (Å²) in [6, 6.07) is 10.7. The van der Waals surface area contributed by atoms with Gasteiger partial charge in [-0.05, 0) is 37.3 Å². The minimum Gasteiger partial charge on any atom is -0.485 e. The number of hydrogen-bond acceptors (Lipinski definition) is 5. The number of fused-ring (bicyclic) bond motifs is 1. The van der Waals surface area contributed by atoms with Gasteiger partial charge in [0.25, 0.3) is 12.1 Å².